The molecule has 0 bridgehead atoms. The summed E-state index contributed by atoms with van der Waals surface area (Å²) in [6, 6.07) is 1.69. The van der Waals surface area contributed by atoms with Crippen LogP contribution in [-0.4, -0.2) is 37.6 Å². The first-order valence-corrected chi connectivity index (χ1v) is 7.67. The van der Waals surface area contributed by atoms with Gasteiger partial charge in [-0.05, 0) is 58.5 Å². The van der Waals surface area contributed by atoms with E-state index in [-0.39, 0.29) is 0 Å². The van der Waals surface area contributed by atoms with Gasteiger partial charge in [0.25, 0.3) is 0 Å². The van der Waals surface area contributed by atoms with Gasteiger partial charge >= 0.3 is 0 Å². The second kappa shape index (κ2) is 6.75. The monoisotopic (exact) mass is 238 g/mol. The van der Waals surface area contributed by atoms with E-state index in [1.807, 2.05) is 0 Å². The Bertz CT molecular complexity index is 203. The zero-order chi connectivity index (χ0) is 12.1. The largest absolute Gasteiger partial charge is 0.317 e. The summed E-state index contributed by atoms with van der Waals surface area (Å²) in [6.45, 7) is 1.35. The van der Waals surface area contributed by atoms with E-state index in [2.05, 4.69) is 24.3 Å². The lowest BCUT2D eigenvalue weighted by atomic mass is 9.85. The van der Waals surface area contributed by atoms with Crippen LogP contribution in [0, 0.1) is 5.92 Å². The minimum Gasteiger partial charge on any atom is -0.317 e. The van der Waals surface area contributed by atoms with Gasteiger partial charge in [-0.25, -0.2) is 0 Å². The lowest BCUT2D eigenvalue weighted by molar-refractivity contribution is 0.145. The number of nitrogens with zero attached hydrogens (tertiary/aromatic N) is 1. The van der Waals surface area contributed by atoms with Crippen LogP contribution in [0.3, 0.4) is 0 Å². The van der Waals surface area contributed by atoms with Crippen molar-refractivity contribution in [3.8, 4) is 0 Å². The highest BCUT2D eigenvalue weighted by Crippen LogP contribution is 2.27. The molecule has 100 valence electrons. The molecule has 0 radical (unpaired) electrons. The van der Waals surface area contributed by atoms with Crippen LogP contribution in [0.15, 0.2) is 0 Å². The highest BCUT2D eigenvalue weighted by Gasteiger charge is 2.24. The Labute approximate surface area is 107 Å². The molecule has 2 fully saturated rings. The van der Waals surface area contributed by atoms with Gasteiger partial charge in [-0.15, -0.1) is 0 Å². The Morgan fingerprint density at radius 3 is 2.18 bits per heavy atom. The molecule has 2 nitrogen and oxygen atoms in total. The molecule has 0 spiro atoms. The molecule has 0 saturated heterocycles. The quantitative estimate of drug-likeness (QED) is 0.810. The standard InChI is InChI=1S/C15H30N2/c1-16-14-10-8-13(9-11-14)12-17(2)15-6-4-3-5-7-15/h13-16H,3-12H2,1-2H3. The highest BCUT2D eigenvalue weighted by atomic mass is 15.1. The molecule has 2 heteroatoms. The average Bonchev–Trinajstić information content (AvgIpc) is 2.40. The Morgan fingerprint density at radius 2 is 1.59 bits per heavy atom. The van der Waals surface area contributed by atoms with Crippen LogP contribution < -0.4 is 5.32 Å². The molecule has 2 aliphatic rings. The Kier molecular flexibility index (Phi) is 5.30. The van der Waals surface area contributed by atoms with Gasteiger partial charge in [0.05, 0.1) is 0 Å². The Balaban J connectivity index is 1.69. The molecule has 0 aromatic heterocycles. The molecule has 0 heterocycles. The summed E-state index contributed by atoms with van der Waals surface area (Å²) in [5.41, 5.74) is 0. The van der Waals surface area contributed by atoms with Crippen LogP contribution in [0.1, 0.15) is 57.8 Å². The van der Waals surface area contributed by atoms with E-state index >= 15 is 0 Å². The summed E-state index contributed by atoms with van der Waals surface area (Å²) in [7, 11) is 4.47. The molecule has 0 atom stereocenters. The van der Waals surface area contributed by atoms with Crippen molar-refractivity contribution in [2.24, 2.45) is 5.92 Å². The maximum atomic E-state index is 3.43. The van der Waals surface area contributed by atoms with E-state index < -0.39 is 0 Å². The Morgan fingerprint density at radius 1 is 0.941 bits per heavy atom. The molecule has 17 heavy (non-hydrogen) atoms. The maximum absolute atomic E-state index is 3.43. The van der Waals surface area contributed by atoms with Gasteiger partial charge in [0.1, 0.15) is 0 Å². The smallest absolute Gasteiger partial charge is 0.00923 e. The van der Waals surface area contributed by atoms with Crippen molar-refractivity contribution in [3.05, 3.63) is 0 Å². The Hall–Kier alpha value is -0.0800. The summed E-state index contributed by atoms with van der Waals surface area (Å²) in [4.78, 5) is 2.67. The van der Waals surface area contributed by atoms with Crippen molar-refractivity contribution < 1.29 is 0 Å². The SMILES string of the molecule is CNC1CCC(CN(C)C2CCCCC2)CC1. The van der Waals surface area contributed by atoms with E-state index in [1.54, 1.807) is 0 Å². The third-order valence-electron chi connectivity index (χ3n) is 5.00. The summed E-state index contributed by atoms with van der Waals surface area (Å²) >= 11 is 0. The van der Waals surface area contributed by atoms with Crippen molar-refractivity contribution in [1.82, 2.24) is 10.2 Å². The maximum Gasteiger partial charge on any atom is 0.00923 e. The van der Waals surface area contributed by atoms with E-state index in [0.29, 0.717) is 0 Å². The van der Waals surface area contributed by atoms with Gasteiger partial charge < -0.3 is 10.2 Å². The number of rotatable bonds is 4. The van der Waals surface area contributed by atoms with E-state index in [4.69, 9.17) is 0 Å². The van der Waals surface area contributed by atoms with Gasteiger partial charge in [-0.2, -0.15) is 0 Å². The summed E-state index contributed by atoms with van der Waals surface area (Å²) in [5.74, 6) is 0.964. The molecular formula is C15H30N2. The number of nitrogens with one attached hydrogen (secondary N) is 1. The van der Waals surface area contributed by atoms with Gasteiger partial charge in [-0.1, -0.05) is 19.3 Å². The number of hydrogen-bond acceptors (Lipinski definition) is 2. The summed E-state index contributed by atoms with van der Waals surface area (Å²) in [5, 5.41) is 3.43. The van der Waals surface area contributed by atoms with Crippen molar-refractivity contribution >= 4 is 0 Å². The van der Waals surface area contributed by atoms with Crippen LogP contribution in [0.25, 0.3) is 0 Å². The topological polar surface area (TPSA) is 15.3 Å². The number of hydrogen-bond donors (Lipinski definition) is 1. The second-order valence-electron chi connectivity index (χ2n) is 6.24. The zero-order valence-electron chi connectivity index (χ0n) is 11.8. The highest BCUT2D eigenvalue weighted by molar-refractivity contribution is 4.80. The summed E-state index contributed by atoms with van der Waals surface area (Å²) in [6.07, 6.45) is 12.9. The van der Waals surface area contributed by atoms with E-state index in [0.717, 1.165) is 18.0 Å². The first-order valence-electron chi connectivity index (χ1n) is 7.67. The molecular weight excluding hydrogens is 208 g/mol. The molecule has 0 aromatic rings. The molecule has 0 aliphatic heterocycles. The predicted molar refractivity (Wildman–Crippen MR) is 74.3 cm³/mol. The van der Waals surface area contributed by atoms with E-state index in [9.17, 15) is 0 Å². The van der Waals surface area contributed by atoms with Crippen LogP contribution in [-0.2, 0) is 0 Å². The third kappa shape index (κ3) is 3.96. The normalized spacial score (nSPS) is 31.9. The van der Waals surface area contributed by atoms with Crippen LogP contribution in [0.5, 0.6) is 0 Å². The fourth-order valence-electron chi connectivity index (χ4n) is 3.71. The first-order chi connectivity index (χ1) is 8.29. The second-order valence-corrected chi connectivity index (χ2v) is 6.24. The fraction of sp³-hybridized carbons (Fsp3) is 1.00. The first kappa shape index (κ1) is 13.4. The average molecular weight is 238 g/mol. The molecule has 2 rings (SSSR count). The molecule has 2 saturated carbocycles. The molecule has 1 N–H and O–H groups in total. The van der Waals surface area contributed by atoms with Crippen molar-refractivity contribution in [1.29, 1.82) is 0 Å². The van der Waals surface area contributed by atoms with Crippen LogP contribution in [0.4, 0.5) is 0 Å². The van der Waals surface area contributed by atoms with Crippen LogP contribution in [0.2, 0.25) is 0 Å². The molecule has 2 aliphatic carbocycles. The lowest BCUT2D eigenvalue weighted by Crippen LogP contribution is -2.39. The zero-order valence-corrected chi connectivity index (χ0v) is 11.8. The lowest BCUT2D eigenvalue weighted by Gasteiger charge is -2.36. The van der Waals surface area contributed by atoms with E-state index in [1.165, 1.54) is 64.3 Å². The van der Waals surface area contributed by atoms with Gasteiger partial charge in [0.2, 0.25) is 0 Å². The molecule has 0 unspecified atom stereocenters. The van der Waals surface area contributed by atoms with Gasteiger partial charge in [0.15, 0.2) is 0 Å². The fourth-order valence-corrected chi connectivity index (χ4v) is 3.71. The van der Waals surface area contributed by atoms with Crippen molar-refractivity contribution in [2.75, 3.05) is 20.6 Å². The molecule has 0 amide bonds. The minimum absolute atomic E-state index is 0.797. The van der Waals surface area contributed by atoms with Gasteiger partial charge in [-0.3, -0.25) is 0 Å². The molecule has 0 aromatic carbocycles. The minimum atomic E-state index is 0.797. The van der Waals surface area contributed by atoms with Crippen molar-refractivity contribution in [2.45, 2.75) is 69.9 Å². The predicted octanol–water partition coefficient (Wildman–Crippen LogP) is 3.03. The summed E-state index contributed by atoms with van der Waals surface area (Å²) < 4.78 is 0. The van der Waals surface area contributed by atoms with Crippen LogP contribution >= 0.6 is 0 Å². The van der Waals surface area contributed by atoms with Gasteiger partial charge in [0, 0.05) is 18.6 Å². The third-order valence-corrected chi connectivity index (χ3v) is 5.00. The van der Waals surface area contributed by atoms with Crippen molar-refractivity contribution in [3.63, 3.8) is 0 Å².